The molecule has 1 atom stereocenters. The average Bonchev–Trinajstić information content (AvgIpc) is 3.22. The summed E-state index contributed by atoms with van der Waals surface area (Å²) in [6, 6.07) is -0.405. The van der Waals surface area contributed by atoms with Crippen LogP contribution in [-0.4, -0.2) is 66.4 Å². The normalized spacial score (nSPS) is 29.9. The molecule has 2 heterocycles. The van der Waals surface area contributed by atoms with Crippen molar-refractivity contribution >= 4 is 30.3 Å². The van der Waals surface area contributed by atoms with Crippen molar-refractivity contribution < 1.29 is 14.4 Å². The fraction of sp³-hybridized carbons (Fsp3) is 0.857. The lowest BCUT2D eigenvalue weighted by molar-refractivity contribution is -0.139. The SMILES string of the molecule is CCC(C)(C)C1CCC2(CC1)NC(=O)N(CC(=O)N1CCC(CNC)C1)C2=O.Cl. The molecule has 0 radical (unpaired) electrons. The Morgan fingerprint density at radius 1 is 1.24 bits per heavy atom. The van der Waals surface area contributed by atoms with E-state index < -0.39 is 11.6 Å². The molecular weight excluding hydrogens is 392 g/mol. The second-order valence-electron chi connectivity index (χ2n) is 9.57. The zero-order valence-corrected chi connectivity index (χ0v) is 19.1. The zero-order valence-electron chi connectivity index (χ0n) is 18.3. The van der Waals surface area contributed by atoms with Gasteiger partial charge in [0.2, 0.25) is 5.91 Å². The third-order valence-electron chi connectivity index (χ3n) is 7.53. The summed E-state index contributed by atoms with van der Waals surface area (Å²) < 4.78 is 0. The van der Waals surface area contributed by atoms with E-state index in [2.05, 4.69) is 31.4 Å². The number of rotatable bonds is 6. The van der Waals surface area contributed by atoms with E-state index in [0.29, 0.717) is 37.8 Å². The quantitative estimate of drug-likeness (QED) is 0.636. The molecule has 0 bridgehead atoms. The van der Waals surface area contributed by atoms with Crippen LogP contribution in [0.3, 0.4) is 0 Å². The van der Waals surface area contributed by atoms with Gasteiger partial charge in [-0.1, -0.05) is 27.2 Å². The topological polar surface area (TPSA) is 81.8 Å². The molecule has 4 amide bonds. The van der Waals surface area contributed by atoms with Gasteiger partial charge in [-0.05, 0) is 62.9 Å². The Labute approximate surface area is 180 Å². The minimum absolute atomic E-state index is 0. The Kier molecular flexibility index (Phi) is 7.60. The van der Waals surface area contributed by atoms with Crippen molar-refractivity contribution in [1.29, 1.82) is 0 Å². The number of nitrogens with zero attached hydrogens (tertiary/aromatic N) is 2. The van der Waals surface area contributed by atoms with Gasteiger partial charge in [-0.15, -0.1) is 12.4 Å². The fourth-order valence-electron chi connectivity index (χ4n) is 5.09. The monoisotopic (exact) mass is 428 g/mol. The molecule has 0 aromatic carbocycles. The first-order valence-corrected chi connectivity index (χ1v) is 10.8. The Morgan fingerprint density at radius 3 is 2.48 bits per heavy atom. The molecule has 166 valence electrons. The summed E-state index contributed by atoms with van der Waals surface area (Å²) in [6.07, 6.45) is 5.29. The van der Waals surface area contributed by atoms with E-state index >= 15 is 0 Å². The molecule has 3 fully saturated rings. The van der Waals surface area contributed by atoms with Crippen LogP contribution in [-0.2, 0) is 9.59 Å². The molecule has 3 aliphatic rings. The van der Waals surface area contributed by atoms with Crippen LogP contribution in [0, 0.1) is 17.3 Å². The Balaban J connectivity index is 0.00000300. The van der Waals surface area contributed by atoms with E-state index in [0.717, 1.165) is 37.1 Å². The minimum atomic E-state index is -0.794. The predicted molar refractivity (Wildman–Crippen MR) is 115 cm³/mol. The van der Waals surface area contributed by atoms with Gasteiger partial charge in [0.05, 0.1) is 0 Å². The molecule has 8 heteroatoms. The van der Waals surface area contributed by atoms with Crippen molar-refractivity contribution in [2.24, 2.45) is 17.3 Å². The number of amides is 4. The van der Waals surface area contributed by atoms with Crippen LogP contribution in [0.5, 0.6) is 0 Å². The third kappa shape index (κ3) is 4.71. The summed E-state index contributed by atoms with van der Waals surface area (Å²) >= 11 is 0. The molecule has 2 aliphatic heterocycles. The molecule has 0 aromatic rings. The first-order chi connectivity index (χ1) is 13.2. The van der Waals surface area contributed by atoms with Crippen molar-refractivity contribution in [3.05, 3.63) is 0 Å². The largest absolute Gasteiger partial charge is 0.341 e. The molecule has 1 spiro atoms. The second-order valence-corrected chi connectivity index (χ2v) is 9.57. The summed E-state index contributed by atoms with van der Waals surface area (Å²) in [5, 5.41) is 6.09. The average molecular weight is 429 g/mol. The maximum absolute atomic E-state index is 13.1. The molecular formula is C21H37ClN4O3. The van der Waals surface area contributed by atoms with Gasteiger partial charge in [-0.3, -0.25) is 14.5 Å². The molecule has 7 nitrogen and oxygen atoms in total. The van der Waals surface area contributed by atoms with Gasteiger partial charge in [0.15, 0.2) is 0 Å². The van der Waals surface area contributed by atoms with Gasteiger partial charge in [-0.2, -0.15) is 0 Å². The van der Waals surface area contributed by atoms with E-state index in [4.69, 9.17) is 0 Å². The van der Waals surface area contributed by atoms with E-state index in [1.165, 1.54) is 0 Å². The van der Waals surface area contributed by atoms with Gasteiger partial charge < -0.3 is 15.5 Å². The summed E-state index contributed by atoms with van der Waals surface area (Å²) in [5.41, 5.74) is -0.542. The number of nitrogens with one attached hydrogen (secondary N) is 2. The number of halogens is 1. The van der Waals surface area contributed by atoms with E-state index in [-0.39, 0.29) is 36.2 Å². The van der Waals surface area contributed by atoms with E-state index in [9.17, 15) is 14.4 Å². The predicted octanol–water partition coefficient (Wildman–Crippen LogP) is 2.39. The van der Waals surface area contributed by atoms with Crippen LogP contribution in [0.4, 0.5) is 4.79 Å². The van der Waals surface area contributed by atoms with Gasteiger partial charge in [-0.25, -0.2) is 4.79 Å². The first kappa shape index (κ1) is 23.9. The first-order valence-electron chi connectivity index (χ1n) is 10.8. The third-order valence-corrected chi connectivity index (χ3v) is 7.53. The van der Waals surface area contributed by atoms with Crippen molar-refractivity contribution in [2.75, 3.05) is 33.2 Å². The highest BCUT2D eigenvalue weighted by Crippen LogP contribution is 2.45. The number of hydrogen-bond acceptors (Lipinski definition) is 4. The maximum atomic E-state index is 13.1. The smallest absolute Gasteiger partial charge is 0.325 e. The highest BCUT2D eigenvalue weighted by molar-refractivity contribution is 6.09. The van der Waals surface area contributed by atoms with Crippen LogP contribution >= 0.6 is 12.4 Å². The van der Waals surface area contributed by atoms with Gasteiger partial charge >= 0.3 is 6.03 Å². The number of imide groups is 1. The van der Waals surface area contributed by atoms with Gasteiger partial charge in [0.25, 0.3) is 5.91 Å². The van der Waals surface area contributed by atoms with Crippen molar-refractivity contribution in [2.45, 2.75) is 64.8 Å². The molecule has 3 rings (SSSR count). The summed E-state index contributed by atoms with van der Waals surface area (Å²) in [6.45, 7) is 8.92. The summed E-state index contributed by atoms with van der Waals surface area (Å²) in [5.74, 6) is 0.683. The van der Waals surface area contributed by atoms with Crippen LogP contribution < -0.4 is 10.6 Å². The minimum Gasteiger partial charge on any atom is -0.341 e. The number of urea groups is 1. The molecule has 1 unspecified atom stereocenters. The lowest BCUT2D eigenvalue weighted by Crippen LogP contribution is -2.51. The molecule has 2 N–H and O–H groups in total. The molecule has 1 saturated carbocycles. The van der Waals surface area contributed by atoms with Gasteiger partial charge in [0, 0.05) is 13.1 Å². The van der Waals surface area contributed by atoms with Crippen molar-refractivity contribution in [3.63, 3.8) is 0 Å². The molecule has 29 heavy (non-hydrogen) atoms. The van der Waals surface area contributed by atoms with Gasteiger partial charge in [0.1, 0.15) is 12.1 Å². The maximum Gasteiger partial charge on any atom is 0.325 e. The lowest BCUT2D eigenvalue weighted by atomic mass is 9.65. The van der Waals surface area contributed by atoms with Crippen LogP contribution in [0.2, 0.25) is 0 Å². The van der Waals surface area contributed by atoms with Crippen molar-refractivity contribution in [3.8, 4) is 0 Å². The number of carbonyl (C=O) groups is 3. The van der Waals surface area contributed by atoms with Crippen molar-refractivity contribution in [1.82, 2.24) is 20.4 Å². The lowest BCUT2D eigenvalue weighted by Gasteiger charge is -2.42. The number of hydrogen-bond donors (Lipinski definition) is 2. The molecule has 0 aromatic heterocycles. The molecule has 2 saturated heterocycles. The highest BCUT2D eigenvalue weighted by atomic mass is 35.5. The highest BCUT2D eigenvalue weighted by Gasteiger charge is 2.54. The van der Waals surface area contributed by atoms with Crippen LogP contribution in [0.15, 0.2) is 0 Å². The van der Waals surface area contributed by atoms with E-state index in [1.807, 2.05) is 7.05 Å². The standard InChI is InChI=1S/C21H36N4O3.ClH/c1-5-20(2,3)16-6-9-21(10-7-16)18(27)25(19(28)23-21)14-17(26)24-11-8-15(13-24)12-22-4;/h15-16,22H,5-14H2,1-4H3,(H,23,28);1H. The number of likely N-dealkylation sites (tertiary alicyclic amines) is 1. The number of carbonyl (C=O) groups excluding carboxylic acids is 3. The Bertz CT molecular complexity index is 631. The van der Waals surface area contributed by atoms with E-state index in [1.54, 1.807) is 4.90 Å². The Morgan fingerprint density at radius 2 is 1.90 bits per heavy atom. The molecule has 1 aliphatic carbocycles. The summed E-state index contributed by atoms with van der Waals surface area (Å²) in [4.78, 5) is 41.2. The zero-order chi connectivity index (χ0) is 20.5. The summed E-state index contributed by atoms with van der Waals surface area (Å²) in [7, 11) is 1.91. The fourth-order valence-corrected chi connectivity index (χ4v) is 5.09. The Hall–Kier alpha value is -1.34. The second kappa shape index (κ2) is 9.21. The van der Waals surface area contributed by atoms with Crippen LogP contribution in [0.25, 0.3) is 0 Å². The van der Waals surface area contributed by atoms with Crippen LogP contribution in [0.1, 0.15) is 59.3 Å².